The molecule has 2 rings (SSSR count). The second-order valence-electron chi connectivity index (χ2n) is 4.39. The molecule has 0 spiro atoms. The van der Waals surface area contributed by atoms with Crippen molar-refractivity contribution in [1.82, 2.24) is 0 Å². The van der Waals surface area contributed by atoms with Crippen LogP contribution in [-0.4, -0.2) is 7.11 Å². The molecule has 18 heavy (non-hydrogen) atoms. The maximum absolute atomic E-state index is 13.1. The predicted octanol–water partition coefficient (Wildman–Crippen LogP) is 3.70. The molecule has 0 saturated carbocycles. The Hall–Kier alpha value is -2.03. The second kappa shape index (κ2) is 4.69. The number of methoxy groups -OCH3 is 1. The van der Waals surface area contributed by atoms with Gasteiger partial charge in [-0.2, -0.15) is 0 Å². The maximum atomic E-state index is 13.1. The number of halogens is 1. The first-order valence-electron chi connectivity index (χ1n) is 5.73. The van der Waals surface area contributed by atoms with Crippen molar-refractivity contribution in [3.8, 4) is 16.9 Å². The van der Waals surface area contributed by atoms with Gasteiger partial charge in [0.25, 0.3) is 0 Å². The summed E-state index contributed by atoms with van der Waals surface area (Å²) >= 11 is 0. The van der Waals surface area contributed by atoms with E-state index in [1.54, 1.807) is 13.2 Å². The van der Waals surface area contributed by atoms with E-state index in [4.69, 9.17) is 10.5 Å². The predicted molar refractivity (Wildman–Crippen MR) is 72.3 cm³/mol. The van der Waals surface area contributed by atoms with Gasteiger partial charge in [0.05, 0.1) is 7.11 Å². The monoisotopic (exact) mass is 245 g/mol. The Morgan fingerprint density at radius 1 is 1.11 bits per heavy atom. The summed E-state index contributed by atoms with van der Waals surface area (Å²) in [4.78, 5) is 0. The fourth-order valence-corrected chi connectivity index (χ4v) is 2.20. The highest BCUT2D eigenvalue weighted by molar-refractivity contribution is 5.83. The highest BCUT2D eigenvalue weighted by Crippen LogP contribution is 2.37. The summed E-state index contributed by atoms with van der Waals surface area (Å²) in [6.07, 6.45) is 0. The van der Waals surface area contributed by atoms with E-state index in [9.17, 15) is 4.39 Å². The molecule has 2 aromatic carbocycles. The first kappa shape index (κ1) is 12.4. The molecule has 2 aromatic rings. The highest BCUT2D eigenvalue weighted by atomic mass is 19.1. The Kier molecular flexibility index (Phi) is 3.24. The van der Waals surface area contributed by atoms with Crippen molar-refractivity contribution < 1.29 is 9.13 Å². The molecule has 3 heteroatoms. The van der Waals surface area contributed by atoms with Gasteiger partial charge < -0.3 is 10.5 Å². The number of nitrogen functional groups attached to an aromatic ring is 1. The molecular formula is C15H16FNO. The second-order valence-corrected chi connectivity index (χ2v) is 4.39. The molecule has 0 aliphatic carbocycles. The van der Waals surface area contributed by atoms with Crippen molar-refractivity contribution in [2.75, 3.05) is 12.8 Å². The molecule has 94 valence electrons. The van der Waals surface area contributed by atoms with Gasteiger partial charge in [0.2, 0.25) is 0 Å². The number of hydrogen-bond acceptors (Lipinski definition) is 2. The average Bonchev–Trinajstić information content (AvgIpc) is 2.29. The number of benzene rings is 2. The van der Waals surface area contributed by atoms with Crippen LogP contribution in [0.2, 0.25) is 0 Å². The van der Waals surface area contributed by atoms with Gasteiger partial charge in [-0.1, -0.05) is 6.07 Å². The van der Waals surface area contributed by atoms with Crippen LogP contribution < -0.4 is 10.5 Å². The van der Waals surface area contributed by atoms with Crippen molar-refractivity contribution in [2.24, 2.45) is 0 Å². The SMILES string of the molecule is COc1cc(C)cc(C)c1-c1ccc(F)cc1N. The zero-order valence-corrected chi connectivity index (χ0v) is 10.8. The van der Waals surface area contributed by atoms with Crippen molar-refractivity contribution in [2.45, 2.75) is 13.8 Å². The Balaban J connectivity index is 2.70. The lowest BCUT2D eigenvalue weighted by Crippen LogP contribution is -1.97. The zero-order valence-electron chi connectivity index (χ0n) is 10.8. The summed E-state index contributed by atoms with van der Waals surface area (Å²) in [7, 11) is 1.62. The van der Waals surface area contributed by atoms with Gasteiger partial charge >= 0.3 is 0 Å². The largest absolute Gasteiger partial charge is 0.496 e. The minimum atomic E-state index is -0.333. The quantitative estimate of drug-likeness (QED) is 0.819. The normalized spacial score (nSPS) is 10.4. The van der Waals surface area contributed by atoms with Crippen LogP contribution in [-0.2, 0) is 0 Å². The zero-order chi connectivity index (χ0) is 13.3. The Morgan fingerprint density at radius 2 is 1.83 bits per heavy atom. The molecule has 0 radical (unpaired) electrons. The van der Waals surface area contributed by atoms with Gasteiger partial charge in [0, 0.05) is 16.8 Å². The van der Waals surface area contributed by atoms with E-state index >= 15 is 0 Å². The van der Waals surface area contributed by atoms with E-state index in [0.29, 0.717) is 5.69 Å². The first-order valence-corrected chi connectivity index (χ1v) is 5.73. The number of anilines is 1. The molecule has 2 N–H and O–H groups in total. The molecule has 0 bridgehead atoms. The van der Waals surface area contributed by atoms with Crippen LogP contribution >= 0.6 is 0 Å². The van der Waals surface area contributed by atoms with Crippen molar-refractivity contribution in [3.63, 3.8) is 0 Å². The molecule has 0 aromatic heterocycles. The molecule has 0 aliphatic rings. The molecular weight excluding hydrogens is 229 g/mol. The van der Waals surface area contributed by atoms with Crippen molar-refractivity contribution in [3.05, 3.63) is 47.3 Å². The smallest absolute Gasteiger partial charge is 0.127 e. The molecule has 0 saturated heterocycles. The topological polar surface area (TPSA) is 35.2 Å². The minimum Gasteiger partial charge on any atom is -0.496 e. The van der Waals surface area contributed by atoms with Crippen LogP contribution in [0.3, 0.4) is 0 Å². The van der Waals surface area contributed by atoms with Crippen LogP contribution in [0.15, 0.2) is 30.3 Å². The molecule has 0 amide bonds. The standard InChI is InChI=1S/C15H16FNO/c1-9-6-10(2)15(14(7-9)18-3)12-5-4-11(16)8-13(12)17/h4-8H,17H2,1-3H3. The fraction of sp³-hybridized carbons (Fsp3) is 0.200. The van der Waals surface area contributed by atoms with Gasteiger partial charge in [-0.15, -0.1) is 0 Å². The van der Waals surface area contributed by atoms with E-state index in [1.807, 2.05) is 19.9 Å². The molecule has 0 heterocycles. The number of hydrogen-bond donors (Lipinski definition) is 1. The summed E-state index contributed by atoms with van der Waals surface area (Å²) in [5, 5.41) is 0. The molecule has 0 atom stereocenters. The summed E-state index contributed by atoms with van der Waals surface area (Å²) < 4.78 is 18.5. The number of rotatable bonds is 2. The minimum absolute atomic E-state index is 0.333. The van der Waals surface area contributed by atoms with Gasteiger partial charge in [-0.3, -0.25) is 0 Å². The molecule has 0 fully saturated rings. The molecule has 2 nitrogen and oxygen atoms in total. The van der Waals surface area contributed by atoms with Crippen molar-refractivity contribution in [1.29, 1.82) is 0 Å². The van der Waals surface area contributed by atoms with Gasteiger partial charge in [-0.25, -0.2) is 4.39 Å². The van der Waals surface area contributed by atoms with Crippen LogP contribution in [0.1, 0.15) is 11.1 Å². The Bertz CT molecular complexity index is 593. The number of ether oxygens (including phenoxy) is 1. The van der Waals surface area contributed by atoms with Crippen LogP contribution in [0.25, 0.3) is 11.1 Å². The van der Waals surface area contributed by atoms with E-state index in [1.165, 1.54) is 12.1 Å². The Morgan fingerprint density at radius 3 is 2.44 bits per heavy atom. The van der Waals surface area contributed by atoms with Gasteiger partial charge in [0.15, 0.2) is 0 Å². The van der Waals surface area contributed by atoms with E-state index in [0.717, 1.165) is 28.0 Å². The lowest BCUT2D eigenvalue weighted by atomic mass is 9.96. The first-order chi connectivity index (χ1) is 8.52. The Labute approximate surface area is 106 Å². The van der Waals surface area contributed by atoms with Gasteiger partial charge in [-0.05, 0) is 49.2 Å². The number of aryl methyl sites for hydroxylation is 2. The summed E-state index contributed by atoms with van der Waals surface area (Å²) in [5.41, 5.74) is 10.2. The third kappa shape index (κ3) is 2.16. The van der Waals surface area contributed by atoms with Crippen LogP contribution in [0.4, 0.5) is 10.1 Å². The third-order valence-electron chi connectivity index (χ3n) is 2.95. The highest BCUT2D eigenvalue weighted by Gasteiger charge is 2.13. The maximum Gasteiger partial charge on any atom is 0.127 e. The van der Waals surface area contributed by atoms with E-state index in [-0.39, 0.29) is 5.82 Å². The van der Waals surface area contributed by atoms with E-state index in [2.05, 4.69) is 6.07 Å². The van der Waals surface area contributed by atoms with Crippen molar-refractivity contribution >= 4 is 5.69 Å². The van der Waals surface area contributed by atoms with Crippen LogP contribution in [0.5, 0.6) is 5.75 Å². The summed E-state index contributed by atoms with van der Waals surface area (Å²) in [6, 6.07) is 8.43. The number of nitrogens with two attached hydrogens (primary N) is 1. The average molecular weight is 245 g/mol. The van der Waals surface area contributed by atoms with Gasteiger partial charge in [0.1, 0.15) is 11.6 Å². The summed E-state index contributed by atoms with van der Waals surface area (Å²) in [6.45, 7) is 4.00. The fourth-order valence-electron chi connectivity index (χ4n) is 2.20. The summed E-state index contributed by atoms with van der Waals surface area (Å²) in [5.74, 6) is 0.422. The molecule has 0 aliphatic heterocycles. The lowest BCUT2D eigenvalue weighted by Gasteiger charge is -2.15. The van der Waals surface area contributed by atoms with Crippen LogP contribution in [0, 0.1) is 19.7 Å². The third-order valence-corrected chi connectivity index (χ3v) is 2.95. The lowest BCUT2D eigenvalue weighted by molar-refractivity contribution is 0.416. The molecule has 0 unspecified atom stereocenters. The van der Waals surface area contributed by atoms with E-state index < -0.39 is 0 Å².